The number of hydrogen-bond donors (Lipinski definition) is 0. The lowest BCUT2D eigenvalue weighted by atomic mass is 9.86. The fourth-order valence-electron chi connectivity index (χ4n) is 1.76. The predicted octanol–water partition coefficient (Wildman–Crippen LogP) is 4.30. The molecule has 1 unspecified atom stereocenters. The van der Waals surface area contributed by atoms with Gasteiger partial charge in [0.15, 0.2) is 0 Å². The molecule has 0 amide bonds. The molecular weight excluding hydrogens is 218 g/mol. The molecule has 1 rings (SSSR count). The SMILES string of the molecule is CC(N(C)c1ccccc1CCl)C(C)(C)C. The Morgan fingerprint density at radius 3 is 2.31 bits per heavy atom. The maximum Gasteiger partial charge on any atom is 0.0494 e. The van der Waals surface area contributed by atoms with Crippen LogP contribution in [-0.2, 0) is 5.88 Å². The van der Waals surface area contributed by atoms with E-state index < -0.39 is 0 Å². The van der Waals surface area contributed by atoms with Crippen LogP contribution < -0.4 is 4.90 Å². The number of hydrogen-bond acceptors (Lipinski definition) is 1. The minimum atomic E-state index is 0.258. The lowest BCUT2D eigenvalue weighted by molar-refractivity contribution is 0.329. The highest BCUT2D eigenvalue weighted by Crippen LogP contribution is 2.29. The van der Waals surface area contributed by atoms with Crippen molar-refractivity contribution in [1.82, 2.24) is 0 Å². The van der Waals surface area contributed by atoms with Crippen molar-refractivity contribution >= 4 is 17.3 Å². The smallest absolute Gasteiger partial charge is 0.0494 e. The number of alkyl halides is 1. The van der Waals surface area contributed by atoms with Crippen LogP contribution in [0.1, 0.15) is 33.3 Å². The molecule has 0 fully saturated rings. The third-order valence-electron chi connectivity index (χ3n) is 3.35. The van der Waals surface area contributed by atoms with Crippen molar-refractivity contribution in [3.05, 3.63) is 29.8 Å². The summed E-state index contributed by atoms with van der Waals surface area (Å²) in [4.78, 5) is 2.32. The van der Waals surface area contributed by atoms with Gasteiger partial charge >= 0.3 is 0 Å². The summed E-state index contributed by atoms with van der Waals surface area (Å²) in [7, 11) is 2.14. The van der Waals surface area contributed by atoms with Gasteiger partial charge in [-0.05, 0) is 24.0 Å². The van der Waals surface area contributed by atoms with E-state index in [0.29, 0.717) is 11.9 Å². The van der Waals surface area contributed by atoms with E-state index in [1.807, 2.05) is 6.07 Å². The van der Waals surface area contributed by atoms with Crippen LogP contribution in [0.2, 0.25) is 0 Å². The van der Waals surface area contributed by atoms with Gasteiger partial charge in [0.05, 0.1) is 0 Å². The van der Waals surface area contributed by atoms with Crippen LogP contribution in [-0.4, -0.2) is 13.1 Å². The summed E-state index contributed by atoms with van der Waals surface area (Å²) in [6, 6.07) is 8.80. The van der Waals surface area contributed by atoms with Gasteiger partial charge in [-0.15, -0.1) is 11.6 Å². The Kier molecular flexibility index (Phi) is 4.26. The fraction of sp³-hybridized carbons (Fsp3) is 0.571. The van der Waals surface area contributed by atoms with E-state index in [4.69, 9.17) is 11.6 Å². The summed E-state index contributed by atoms with van der Waals surface area (Å²) >= 11 is 5.97. The second-order valence-electron chi connectivity index (χ2n) is 5.42. The molecule has 1 nitrogen and oxygen atoms in total. The third-order valence-corrected chi connectivity index (χ3v) is 3.64. The molecule has 0 saturated carbocycles. The minimum absolute atomic E-state index is 0.258. The molecule has 1 aromatic carbocycles. The van der Waals surface area contributed by atoms with Gasteiger partial charge in [-0.3, -0.25) is 0 Å². The summed E-state index contributed by atoms with van der Waals surface area (Å²) in [6.07, 6.45) is 0. The highest BCUT2D eigenvalue weighted by molar-refractivity contribution is 6.17. The van der Waals surface area contributed by atoms with Crippen LogP contribution in [0.3, 0.4) is 0 Å². The molecule has 1 aromatic rings. The maximum atomic E-state index is 5.97. The average Bonchev–Trinajstić information content (AvgIpc) is 2.25. The molecule has 0 saturated heterocycles. The Morgan fingerprint density at radius 2 is 1.81 bits per heavy atom. The first-order valence-corrected chi connectivity index (χ1v) is 6.28. The maximum absolute atomic E-state index is 5.97. The number of benzene rings is 1. The quantitative estimate of drug-likeness (QED) is 0.711. The number of anilines is 1. The molecular formula is C14H22ClN. The lowest BCUT2D eigenvalue weighted by Crippen LogP contribution is -2.39. The Balaban J connectivity index is 3.00. The lowest BCUT2D eigenvalue weighted by Gasteiger charge is -2.37. The minimum Gasteiger partial charge on any atom is -0.371 e. The van der Waals surface area contributed by atoms with Gasteiger partial charge in [0.2, 0.25) is 0 Å². The van der Waals surface area contributed by atoms with E-state index in [9.17, 15) is 0 Å². The number of para-hydroxylation sites is 1. The van der Waals surface area contributed by atoms with E-state index in [2.05, 4.69) is 57.8 Å². The van der Waals surface area contributed by atoms with Crippen molar-refractivity contribution in [3.8, 4) is 0 Å². The molecule has 16 heavy (non-hydrogen) atoms. The Labute approximate surface area is 104 Å². The first-order chi connectivity index (χ1) is 7.38. The largest absolute Gasteiger partial charge is 0.371 e. The highest BCUT2D eigenvalue weighted by atomic mass is 35.5. The Hall–Kier alpha value is -0.690. The zero-order valence-electron chi connectivity index (χ0n) is 10.9. The molecule has 0 bridgehead atoms. The van der Waals surface area contributed by atoms with Gasteiger partial charge in [-0.2, -0.15) is 0 Å². The summed E-state index contributed by atoms with van der Waals surface area (Å²) < 4.78 is 0. The molecule has 0 aromatic heterocycles. The molecule has 0 radical (unpaired) electrons. The van der Waals surface area contributed by atoms with Crippen LogP contribution in [0, 0.1) is 5.41 Å². The van der Waals surface area contributed by atoms with Crippen molar-refractivity contribution in [3.63, 3.8) is 0 Å². The van der Waals surface area contributed by atoms with Crippen molar-refractivity contribution in [2.75, 3.05) is 11.9 Å². The average molecular weight is 240 g/mol. The van der Waals surface area contributed by atoms with Crippen molar-refractivity contribution in [2.45, 2.75) is 39.6 Å². The van der Waals surface area contributed by atoms with Crippen LogP contribution in [0.25, 0.3) is 0 Å². The van der Waals surface area contributed by atoms with Crippen molar-refractivity contribution in [1.29, 1.82) is 0 Å². The Morgan fingerprint density at radius 1 is 1.25 bits per heavy atom. The van der Waals surface area contributed by atoms with Crippen LogP contribution >= 0.6 is 11.6 Å². The van der Waals surface area contributed by atoms with Crippen molar-refractivity contribution in [2.24, 2.45) is 5.41 Å². The molecule has 2 heteroatoms. The van der Waals surface area contributed by atoms with Crippen molar-refractivity contribution < 1.29 is 0 Å². The highest BCUT2D eigenvalue weighted by Gasteiger charge is 2.24. The van der Waals surface area contributed by atoms with Gasteiger partial charge < -0.3 is 4.90 Å². The van der Waals surface area contributed by atoms with Crippen LogP contribution in [0.15, 0.2) is 24.3 Å². The van der Waals surface area contributed by atoms with Gasteiger partial charge in [0.1, 0.15) is 0 Å². The van der Waals surface area contributed by atoms with E-state index in [1.165, 1.54) is 11.3 Å². The number of halogens is 1. The van der Waals surface area contributed by atoms with Crippen LogP contribution in [0.5, 0.6) is 0 Å². The molecule has 1 atom stereocenters. The summed E-state index contributed by atoms with van der Waals surface area (Å²) in [5, 5.41) is 0. The molecule has 0 aliphatic heterocycles. The van der Waals surface area contributed by atoms with E-state index in [-0.39, 0.29) is 5.41 Å². The molecule has 0 spiro atoms. The van der Waals surface area contributed by atoms with E-state index in [1.54, 1.807) is 0 Å². The summed E-state index contributed by atoms with van der Waals surface area (Å²) in [6.45, 7) is 9.04. The topological polar surface area (TPSA) is 3.24 Å². The monoisotopic (exact) mass is 239 g/mol. The number of nitrogens with zero attached hydrogens (tertiary/aromatic N) is 1. The zero-order chi connectivity index (χ0) is 12.3. The molecule has 90 valence electrons. The summed E-state index contributed by atoms with van der Waals surface area (Å²) in [5.74, 6) is 0.567. The molecule has 0 heterocycles. The van der Waals surface area contributed by atoms with Gasteiger partial charge in [0, 0.05) is 24.7 Å². The van der Waals surface area contributed by atoms with Gasteiger partial charge in [-0.1, -0.05) is 39.0 Å². The standard InChI is InChI=1S/C14H22ClN/c1-11(14(2,3)4)16(5)13-9-7-6-8-12(13)10-15/h6-9,11H,10H2,1-5H3. The third kappa shape index (κ3) is 2.91. The fourth-order valence-corrected chi connectivity index (χ4v) is 1.98. The predicted molar refractivity (Wildman–Crippen MR) is 73.3 cm³/mol. The molecule has 0 aliphatic carbocycles. The first-order valence-electron chi connectivity index (χ1n) is 5.74. The number of rotatable bonds is 3. The second kappa shape index (κ2) is 5.09. The van der Waals surface area contributed by atoms with E-state index in [0.717, 1.165) is 0 Å². The van der Waals surface area contributed by atoms with Gasteiger partial charge in [0.25, 0.3) is 0 Å². The zero-order valence-corrected chi connectivity index (χ0v) is 11.7. The van der Waals surface area contributed by atoms with Crippen LogP contribution in [0.4, 0.5) is 5.69 Å². The Bertz CT molecular complexity index is 341. The van der Waals surface area contributed by atoms with E-state index >= 15 is 0 Å². The normalized spacial score (nSPS) is 13.6. The first kappa shape index (κ1) is 13.4. The molecule has 0 aliphatic rings. The molecule has 0 N–H and O–H groups in total. The second-order valence-corrected chi connectivity index (χ2v) is 5.68. The van der Waals surface area contributed by atoms with Gasteiger partial charge in [-0.25, -0.2) is 0 Å². The summed E-state index contributed by atoms with van der Waals surface area (Å²) in [5.41, 5.74) is 2.69.